The highest BCUT2D eigenvalue weighted by Crippen LogP contribution is 2.24. The average molecular weight is 427 g/mol. The lowest BCUT2D eigenvalue weighted by atomic mass is 10.0. The molecule has 0 bridgehead atoms. The van der Waals surface area contributed by atoms with Crippen LogP contribution in [0.4, 0.5) is 10.1 Å². The molecule has 0 heterocycles. The first-order valence-corrected chi connectivity index (χ1v) is 10.9. The number of nitrogens with one attached hydrogen (secondary N) is 1. The third-order valence-corrected chi connectivity index (χ3v) is 6.32. The van der Waals surface area contributed by atoms with Crippen molar-refractivity contribution in [2.24, 2.45) is 0 Å². The van der Waals surface area contributed by atoms with Gasteiger partial charge in [0.1, 0.15) is 5.82 Å². The summed E-state index contributed by atoms with van der Waals surface area (Å²) in [5.74, 6) is -1.57. The minimum atomic E-state index is -3.92. The topological polar surface area (TPSA) is 83.5 Å². The van der Waals surface area contributed by atoms with Gasteiger partial charge in [-0.05, 0) is 73.2 Å². The fourth-order valence-corrected chi connectivity index (χ4v) is 4.56. The molecule has 3 aromatic rings. The summed E-state index contributed by atoms with van der Waals surface area (Å²) in [4.78, 5) is 10.8. The Bertz CT molecular complexity index is 1160. The van der Waals surface area contributed by atoms with E-state index in [1.165, 1.54) is 12.1 Å². The molecule has 3 aromatic carbocycles. The molecular formula is C23H22FNO4S. The minimum absolute atomic E-state index is 0.0872. The molecule has 3 rings (SSSR count). The first-order valence-electron chi connectivity index (χ1n) is 9.45. The molecule has 2 N–H and O–H groups in total. The van der Waals surface area contributed by atoms with Crippen LogP contribution in [-0.4, -0.2) is 19.5 Å². The fourth-order valence-electron chi connectivity index (χ4n) is 3.20. The van der Waals surface area contributed by atoms with Crippen molar-refractivity contribution in [2.45, 2.75) is 31.1 Å². The quantitative estimate of drug-likeness (QED) is 0.540. The Labute approximate surface area is 175 Å². The average Bonchev–Trinajstić information content (AvgIpc) is 2.71. The molecule has 0 atom stereocenters. The normalized spacial score (nSPS) is 11.3. The molecule has 0 aliphatic rings. The molecule has 7 heteroatoms. The van der Waals surface area contributed by atoms with Gasteiger partial charge in [0, 0.05) is 0 Å². The van der Waals surface area contributed by atoms with Crippen LogP contribution in [0.5, 0.6) is 0 Å². The Morgan fingerprint density at radius 3 is 2.40 bits per heavy atom. The van der Waals surface area contributed by atoms with Crippen molar-refractivity contribution < 1.29 is 22.7 Å². The number of hydrogen-bond donors (Lipinski definition) is 2. The number of para-hydroxylation sites is 1. The second kappa shape index (κ2) is 9.09. The summed E-state index contributed by atoms with van der Waals surface area (Å²) < 4.78 is 41.7. The molecule has 0 amide bonds. The SMILES string of the molecule is Cc1ccc(F)cc1S(=O)(=O)Nc1ccccc1CCCc1ccc(C(=O)O)cc1. The maximum absolute atomic E-state index is 13.6. The molecule has 0 saturated carbocycles. The molecule has 0 unspecified atom stereocenters. The van der Waals surface area contributed by atoms with E-state index in [1.54, 1.807) is 43.3 Å². The van der Waals surface area contributed by atoms with Crippen molar-refractivity contribution in [3.63, 3.8) is 0 Å². The van der Waals surface area contributed by atoms with Crippen molar-refractivity contribution in [1.29, 1.82) is 0 Å². The standard InChI is InChI=1S/C23H22FNO4S/c1-16-9-14-20(24)15-22(16)30(28,29)25-21-8-3-2-6-18(21)7-4-5-17-10-12-19(13-11-17)23(26)27/h2-3,6,8-15,25H,4-5,7H2,1H3,(H,26,27). The highest BCUT2D eigenvalue weighted by molar-refractivity contribution is 7.92. The van der Waals surface area contributed by atoms with Gasteiger partial charge in [0.25, 0.3) is 10.0 Å². The number of rotatable bonds is 8. The van der Waals surface area contributed by atoms with E-state index in [0.29, 0.717) is 17.7 Å². The molecule has 30 heavy (non-hydrogen) atoms. The summed E-state index contributed by atoms with van der Waals surface area (Å²) in [7, 11) is -3.92. The third-order valence-electron chi connectivity index (χ3n) is 4.81. The summed E-state index contributed by atoms with van der Waals surface area (Å²) in [5.41, 5.74) is 3.01. The summed E-state index contributed by atoms with van der Waals surface area (Å²) in [6.45, 7) is 1.62. The number of aryl methyl sites for hydroxylation is 3. The largest absolute Gasteiger partial charge is 0.478 e. The van der Waals surface area contributed by atoms with Crippen molar-refractivity contribution >= 4 is 21.7 Å². The van der Waals surface area contributed by atoms with E-state index >= 15 is 0 Å². The summed E-state index contributed by atoms with van der Waals surface area (Å²) in [6, 6.07) is 17.5. The molecule has 0 aliphatic carbocycles. The van der Waals surface area contributed by atoms with Gasteiger partial charge in [0.15, 0.2) is 0 Å². The number of halogens is 1. The molecule has 5 nitrogen and oxygen atoms in total. The van der Waals surface area contributed by atoms with Crippen LogP contribution < -0.4 is 4.72 Å². The molecular weight excluding hydrogens is 405 g/mol. The summed E-state index contributed by atoms with van der Waals surface area (Å²) in [5, 5.41) is 8.96. The molecule has 0 spiro atoms. The van der Waals surface area contributed by atoms with Gasteiger partial charge in [-0.3, -0.25) is 4.72 Å². The Hall–Kier alpha value is -3.19. The molecule has 0 aliphatic heterocycles. The predicted octanol–water partition coefficient (Wildman–Crippen LogP) is 4.81. The summed E-state index contributed by atoms with van der Waals surface area (Å²) >= 11 is 0. The lowest BCUT2D eigenvalue weighted by molar-refractivity contribution is 0.0697. The number of hydrogen-bond acceptors (Lipinski definition) is 3. The fraction of sp³-hybridized carbons (Fsp3) is 0.174. The Morgan fingerprint density at radius 2 is 1.70 bits per heavy atom. The number of benzene rings is 3. The van der Waals surface area contributed by atoms with Crippen LogP contribution in [0.2, 0.25) is 0 Å². The van der Waals surface area contributed by atoms with Gasteiger partial charge in [-0.15, -0.1) is 0 Å². The predicted molar refractivity (Wildman–Crippen MR) is 114 cm³/mol. The number of anilines is 1. The van der Waals surface area contributed by atoms with Crippen LogP contribution in [0.15, 0.2) is 71.6 Å². The molecule has 0 fully saturated rings. The lowest BCUT2D eigenvalue weighted by Gasteiger charge is -2.14. The van der Waals surface area contributed by atoms with Crippen molar-refractivity contribution in [3.05, 3.63) is 94.8 Å². The number of carboxylic acid groups (broad SMARTS) is 1. The van der Waals surface area contributed by atoms with E-state index in [1.807, 2.05) is 12.1 Å². The monoisotopic (exact) mass is 427 g/mol. The Kier molecular flexibility index (Phi) is 6.52. The smallest absolute Gasteiger partial charge is 0.335 e. The van der Waals surface area contributed by atoms with Crippen LogP contribution in [0.25, 0.3) is 0 Å². The van der Waals surface area contributed by atoms with Gasteiger partial charge in [0.05, 0.1) is 16.1 Å². The molecule has 0 radical (unpaired) electrons. The molecule has 0 saturated heterocycles. The van der Waals surface area contributed by atoms with Crippen LogP contribution in [0, 0.1) is 12.7 Å². The second-order valence-corrected chi connectivity index (χ2v) is 8.68. The number of carbonyl (C=O) groups is 1. The zero-order valence-electron chi connectivity index (χ0n) is 16.4. The number of sulfonamides is 1. The van der Waals surface area contributed by atoms with Crippen LogP contribution in [0.1, 0.15) is 33.5 Å². The maximum atomic E-state index is 13.6. The van der Waals surface area contributed by atoms with Crippen molar-refractivity contribution in [2.75, 3.05) is 4.72 Å². The Morgan fingerprint density at radius 1 is 1.00 bits per heavy atom. The second-order valence-electron chi connectivity index (χ2n) is 7.03. The molecule has 156 valence electrons. The Balaban J connectivity index is 1.71. The van der Waals surface area contributed by atoms with Crippen LogP contribution in [-0.2, 0) is 22.9 Å². The van der Waals surface area contributed by atoms with E-state index in [4.69, 9.17) is 5.11 Å². The van der Waals surface area contributed by atoms with Gasteiger partial charge in [-0.2, -0.15) is 0 Å². The third kappa shape index (κ3) is 5.24. The van der Waals surface area contributed by atoms with Crippen molar-refractivity contribution in [3.8, 4) is 0 Å². The van der Waals surface area contributed by atoms with Crippen LogP contribution in [0.3, 0.4) is 0 Å². The van der Waals surface area contributed by atoms with E-state index in [9.17, 15) is 17.6 Å². The van der Waals surface area contributed by atoms with Gasteiger partial charge >= 0.3 is 5.97 Å². The van der Waals surface area contributed by atoms with Gasteiger partial charge < -0.3 is 5.11 Å². The van der Waals surface area contributed by atoms with Crippen LogP contribution >= 0.6 is 0 Å². The number of aromatic carboxylic acids is 1. The highest BCUT2D eigenvalue weighted by atomic mass is 32.2. The summed E-state index contributed by atoms with van der Waals surface area (Å²) in [6.07, 6.45) is 2.11. The minimum Gasteiger partial charge on any atom is -0.478 e. The lowest BCUT2D eigenvalue weighted by Crippen LogP contribution is -2.15. The zero-order valence-corrected chi connectivity index (χ0v) is 17.2. The number of carboxylic acids is 1. The highest BCUT2D eigenvalue weighted by Gasteiger charge is 2.19. The van der Waals surface area contributed by atoms with E-state index in [2.05, 4.69) is 4.72 Å². The maximum Gasteiger partial charge on any atom is 0.335 e. The zero-order chi connectivity index (χ0) is 21.7. The molecule has 0 aromatic heterocycles. The van der Waals surface area contributed by atoms with E-state index in [-0.39, 0.29) is 10.5 Å². The van der Waals surface area contributed by atoms with Crippen molar-refractivity contribution in [1.82, 2.24) is 0 Å². The van der Waals surface area contributed by atoms with E-state index in [0.717, 1.165) is 30.0 Å². The van der Waals surface area contributed by atoms with Gasteiger partial charge in [-0.1, -0.05) is 36.4 Å². The van der Waals surface area contributed by atoms with Gasteiger partial charge in [-0.25, -0.2) is 17.6 Å². The first-order chi connectivity index (χ1) is 14.3. The first kappa shape index (κ1) is 21.5. The van der Waals surface area contributed by atoms with E-state index < -0.39 is 21.8 Å². The van der Waals surface area contributed by atoms with Gasteiger partial charge in [0.2, 0.25) is 0 Å².